The molecule has 0 fully saturated rings. The second-order valence-electron chi connectivity index (χ2n) is 6.02. The van der Waals surface area contributed by atoms with E-state index in [1.165, 1.54) is 11.1 Å². The molecule has 0 aliphatic rings. The minimum absolute atomic E-state index is 0.158. The van der Waals surface area contributed by atoms with Crippen LogP contribution in [-0.4, -0.2) is 25.8 Å². The number of nitrogens with one attached hydrogen (secondary N) is 1. The van der Waals surface area contributed by atoms with Crippen molar-refractivity contribution in [3.8, 4) is 11.3 Å². The lowest BCUT2D eigenvalue weighted by Gasteiger charge is -2.16. The summed E-state index contributed by atoms with van der Waals surface area (Å²) in [4.78, 5) is 8.70. The molecule has 0 aliphatic heterocycles. The van der Waals surface area contributed by atoms with Gasteiger partial charge in [-0.05, 0) is 38.0 Å². The molecule has 3 rings (SSSR count). The number of rotatable bonds is 5. The molecular weight excluding hydrogens is 300 g/mol. The summed E-state index contributed by atoms with van der Waals surface area (Å²) in [6.45, 7) is 7.01. The zero-order chi connectivity index (χ0) is 17.1. The molecular formula is C18H22N6. The SMILES string of the molecule is Cc1cccc(-c2cc(NC(C)Cn3cccn3)nc(N)n2)c1C. The van der Waals surface area contributed by atoms with Crippen LogP contribution in [0.15, 0.2) is 42.7 Å². The third-order valence-corrected chi connectivity index (χ3v) is 4.04. The molecule has 1 aromatic carbocycles. The number of hydrogen-bond donors (Lipinski definition) is 2. The molecule has 1 unspecified atom stereocenters. The molecule has 6 nitrogen and oxygen atoms in total. The van der Waals surface area contributed by atoms with Gasteiger partial charge in [0.25, 0.3) is 0 Å². The van der Waals surface area contributed by atoms with E-state index in [4.69, 9.17) is 5.73 Å². The maximum Gasteiger partial charge on any atom is 0.222 e. The first kappa shape index (κ1) is 16.0. The van der Waals surface area contributed by atoms with Gasteiger partial charge in [-0.1, -0.05) is 18.2 Å². The molecule has 1 atom stereocenters. The Morgan fingerprint density at radius 1 is 1.21 bits per heavy atom. The number of aryl methyl sites for hydroxylation is 1. The van der Waals surface area contributed by atoms with E-state index in [1.807, 2.05) is 29.1 Å². The van der Waals surface area contributed by atoms with Crippen LogP contribution in [0.2, 0.25) is 0 Å². The second-order valence-corrected chi connectivity index (χ2v) is 6.02. The summed E-state index contributed by atoms with van der Waals surface area (Å²) in [5.41, 5.74) is 10.3. The van der Waals surface area contributed by atoms with Crippen LogP contribution in [-0.2, 0) is 6.54 Å². The highest BCUT2D eigenvalue weighted by molar-refractivity contribution is 5.68. The quantitative estimate of drug-likeness (QED) is 0.754. The molecule has 0 amide bonds. The Morgan fingerprint density at radius 3 is 2.79 bits per heavy atom. The minimum atomic E-state index is 0.158. The summed E-state index contributed by atoms with van der Waals surface area (Å²) in [6, 6.07) is 10.2. The number of aromatic nitrogens is 4. The monoisotopic (exact) mass is 322 g/mol. The van der Waals surface area contributed by atoms with Crippen LogP contribution in [0.3, 0.4) is 0 Å². The Labute approximate surface area is 141 Å². The predicted octanol–water partition coefficient (Wildman–Crippen LogP) is 3.04. The van der Waals surface area contributed by atoms with Crippen molar-refractivity contribution in [2.75, 3.05) is 11.1 Å². The highest BCUT2D eigenvalue weighted by Gasteiger charge is 2.11. The number of hydrogen-bond acceptors (Lipinski definition) is 5. The van der Waals surface area contributed by atoms with Crippen molar-refractivity contribution in [2.24, 2.45) is 0 Å². The first-order valence-corrected chi connectivity index (χ1v) is 7.98. The lowest BCUT2D eigenvalue weighted by Crippen LogP contribution is -2.23. The van der Waals surface area contributed by atoms with Crippen LogP contribution in [0, 0.1) is 13.8 Å². The molecule has 124 valence electrons. The van der Waals surface area contributed by atoms with Crippen molar-refractivity contribution in [3.63, 3.8) is 0 Å². The lowest BCUT2D eigenvalue weighted by molar-refractivity contribution is 0.560. The summed E-state index contributed by atoms with van der Waals surface area (Å²) in [5, 5.41) is 7.59. The van der Waals surface area contributed by atoms with Crippen molar-refractivity contribution in [3.05, 3.63) is 53.9 Å². The van der Waals surface area contributed by atoms with Crippen molar-refractivity contribution < 1.29 is 0 Å². The maximum absolute atomic E-state index is 5.92. The Bertz CT molecular complexity index is 826. The lowest BCUT2D eigenvalue weighted by atomic mass is 10.0. The Hall–Kier alpha value is -2.89. The number of nitrogens with two attached hydrogens (primary N) is 1. The molecule has 2 aromatic heterocycles. The average molecular weight is 322 g/mol. The van der Waals surface area contributed by atoms with Crippen LogP contribution in [0.25, 0.3) is 11.3 Å². The van der Waals surface area contributed by atoms with Gasteiger partial charge in [0.15, 0.2) is 0 Å². The van der Waals surface area contributed by atoms with Gasteiger partial charge in [-0.2, -0.15) is 10.1 Å². The van der Waals surface area contributed by atoms with Gasteiger partial charge in [0.1, 0.15) is 5.82 Å². The second kappa shape index (κ2) is 6.70. The van der Waals surface area contributed by atoms with E-state index in [2.05, 4.69) is 53.3 Å². The molecule has 3 N–H and O–H groups in total. The van der Waals surface area contributed by atoms with Crippen LogP contribution in [0.1, 0.15) is 18.1 Å². The van der Waals surface area contributed by atoms with E-state index >= 15 is 0 Å². The van der Waals surface area contributed by atoms with E-state index in [0.29, 0.717) is 0 Å². The molecule has 2 heterocycles. The minimum Gasteiger partial charge on any atom is -0.368 e. The first-order valence-electron chi connectivity index (χ1n) is 7.98. The fourth-order valence-corrected chi connectivity index (χ4v) is 2.69. The molecule has 6 heteroatoms. The van der Waals surface area contributed by atoms with E-state index in [-0.39, 0.29) is 12.0 Å². The third-order valence-electron chi connectivity index (χ3n) is 4.04. The zero-order valence-corrected chi connectivity index (χ0v) is 14.2. The maximum atomic E-state index is 5.92. The van der Waals surface area contributed by atoms with Crippen molar-refractivity contribution in [1.82, 2.24) is 19.7 Å². The predicted molar refractivity (Wildman–Crippen MR) is 96.7 cm³/mol. The molecule has 3 aromatic rings. The van der Waals surface area contributed by atoms with Crippen molar-refractivity contribution in [1.29, 1.82) is 0 Å². The average Bonchev–Trinajstić information content (AvgIpc) is 3.02. The van der Waals surface area contributed by atoms with Gasteiger partial charge in [0.05, 0.1) is 12.2 Å². The van der Waals surface area contributed by atoms with Crippen LogP contribution < -0.4 is 11.1 Å². The molecule has 0 radical (unpaired) electrons. The Balaban J connectivity index is 1.85. The fraction of sp³-hybridized carbons (Fsp3) is 0.278. The smallest absolute Gasteiger partial charge is 0.222 e. The summed E-state index contributed by atoms with van der Waals surface area (Å²) in [7, 11) is 0. The number of nitrogen functional groups attached to an aromatic ring is 1. The fourth-order valence-electron chi connectivity index (χ4n) is 2.69. The van der Waals surface area contributed by atoms with E-state index in [0.717, 1.165) is 23.6 Å². The van der Waals surface area contributed by atoms with Gasteiger partial charge in [-0.25, -0.2) is 4.98 Å². The highest BCUT2D eigenvalue weighted by Crippen LogP contribution is 2.26. The number of benzene rings is 1. The highest BCUT2D eigenvalue weighted by atomic mass is 15.3. The zero-order valence-electron chi connectivity index (χ0n) is 14.2. The van der Waals surface area contributed by atoms with Crippen molar-refractivity contribution in [2.45, 2.75) is 33.4 Å². The molecule has 0 spiro atoms. The van der Waals surface area contributed by atoms with Gasteiger partial charge in [0, 0.05) is 30.1 Å². The normalized spacial score (nSPS) is 12.1. The standard InChI is InChI=1S/C18H22N6/c1-12-6-4-7-15(14(12)3)16-10-17(23-18(19)22-16)21-13(2)11-24-9-5-8-20-24/h4-10,13H,11H2,1-3H3,(H3,19,21,22,23). The van der Waals surface area contributed by atoms with Gasteiger partial charge >= 0.3 is 0 Å². The van der Waals surface area contributed by atoms with Gasteiger partial charge in [0.2, 0.25) is 5.95 Å². The topological polar surface area (TPSA) is 81.7 Å². The summed E-state index contributed by atoms with van der Waals surface area (Å²) < 4.78 is 1.88. The summed E-state index contributed by atoms with van der Waals surface area (Å²) in [6.07, 6.45) is 3.71. The van der Waals surface area contributed by atoms with E-state index in [1.54, 1.807) is 6.20 Å². The van der Waals surface area contributed by atoms with Crippen LogP contribution >= 0.6 is 0 Å². The number of nitrogens with zero attached hydrogens (tertiary/aromatic N) is 4. The van der Waals surface area contributed by atoms with Crippen LogP contribution in [0.5, 0.6) is 0 Å². The summed E-state index contributed by atoms with van der Waals surface area (Å²) >= 11 is 0. The molecule has 0 saturated carbocycles. The van der Waals surface area contributed by atoms with Crippen molar-refractivity contribution >= 4 is 11.8 Å². The Morgan fingerprint density at radius 2 is 2.04 bits per heavy atom. The van der Waals surface area contributed by atoms with E-state index < -0.39 is 0 Å². The molecule has 0 bridgehead atoms. The number of anilines is 2. The summed E-state index contributed by atoms with van der Waals surface area (Å²) in [5.74, 6) is 0.986. The Kier molecular flexibility index (Phi) is 4.46. The molecule has 0 saturated heterocycles. The molecule has 24 heavy (non-hydrogen) atoms. The van der Waals surface area contributed by atoms with Crippen LogP contribution in [0.4, 0.5) is 11.8 Å². The largest absolute Gasteiger partial charge is 0.368 e. The van der Waals surface area contributed by atoms with Gasteiger partial charge in [-0.15, -0.1) is 0 Å². The van der Waals surface area contributed by atoms with Gasteiger partial charge in [-0.3, -0.25) is 4.68 Å². The van der Waals surface area contributed by atoms with E-state index in [9.17, 15) is 0 Å². The van der Waals surface area contributed by atoms with Gasteiger partial charge < -0.3 is 11.1 Å². The molecule has 0 aliphatic carbocycles. The first-order chi connectivity index (χ1) is 11.5. The third kappa shape index (κ3) is 3.53.